The molecule has 3 rings (SSSR count). The van der Waals surface area contributed by atoms with Gasteiger partial charge in [0.15, 0.2) is 0 Å². The largest absolute Gasteiger partial charge is 0.467 e. The van der Waals surface area contributed by atoms with Crippen LogP contribution in [0.2, 0.25) is 0 Å². The van der Waals surface area contributed by atoms with Crippen LogP contribution in [0, 0.1) is 0 Å². The van der Waals surface area contributed by atoms with Gasteiger partial charge in [-0.2, -0.15) is 0 Å². The first-order valence-electron chi connectivity index (χ1n) is 9.10. The van der Waals surface area contributed by atoms with Crippen molar-refractivity contribution in [2.45, 2.75) is 19.5 Å². The van der Waals surface area contributed by atoms with Gasteiger partial charge in [-0.1, -0.05) is 18.2 Å². The van der Waals surface area contributed by atoms with Crippen LogP contribution in [-0.4, -0.2) is 23.8 Å². The van der Waals surface area contributed by atoms with Gasteiger partial charge in [0.25, 0.3) is 11.8 Å². The third-order valence-corrected chi connectivity index (χ3v) is 4.20. The number of benzene rings is 2. The van der Waals surface area contributed by atoms with Crippen LogP contribution in [0.1, 0.15) is 33.4 Å². The summed E-state index contributed by atoms with van der Waals surface area (Å²) >= 11 is 0. The molecule has 0 saturated carbocycles. The van der Waals surface area contributed by atoms with Crippen LogP contribution in [0.25, 0.3) is 0 Å². The van der Waals surface area contributed by atoms with Gasteiger partial charge in [-0.3, -0.25) is 14.4 Å². The predicted octanol–water partition coefficient (Wildman–Crippen LogP) is 2.97. The summed E-state index contributed by atoms with van der Waals surface area (Å²) in [6.07, 6.45) is 1.53. The lowest BCUT2D eigenvalue weighted by atomic mass is 10.1. The SMILES string of the molecule is CC(NC(=O)c1ccc(NC(=O)c2ccccc2)cc1)C(=O)NCc1ccco1. The van der Waals surface area contributed by atoms with Crippen molar-refractivity contribution in [2.24, 2.45) is 0 Å². The van der Waals surface area contributed by atoms with Gasteiger partial charge in [-0.05, 0) is 55.5 Å². The highest BCUT2D eigenvalue weighted by atomic mass is 16.3. The molecule has 1 unspecified atom stereocenters. The van der Waals surface area contributed by atoms with Crippen molar-refractivity contribution in [3.8, 4) is 0 Å². The first kappa shape index (κ1) is 19.9. The summed E-state index contributed by atoms with van der Waals surface area (Å²) in [5.41, 5.74) is 1.50. The van der Waals surface area contributed by atoms with E-state index in [1.54, 1.807) is 67.6 Å². The topological polar surface area (TPSA) is 100 Å². The minimum Gasteiger partial charge on any atom is -0.467 e. The summed E-state index contributed by atoms with van der Waals surface area (Å²) in [6.45, 7) is 1.85. The van der Waals surface area contributed by atoms with Crippen LogP contribution in [0.3, 0.4) is 0 Å². The summed E-state index contributed by atoms with van der Waals surface area (Å²) in [6, 6.07) is 18.1. The van der Waals surface area contributed by atoms with Gasteiger partial charge < -0.3 is 20.4 Å². The molecule has 7 nitrogen and oxygen atoms in total. The van der Waals surface area contributed by atoms with Crippen molar-refractivity contribution in [1.82, 2.24) is 10.6 Å². The molecule has 3 amide bonds. The first-order chi connectivity index (χ1) is 14.0. The van der Waals surface area contributed by atoms with Crippen LogP contribution < -0.4 is 16.0 Å². The molecule has 29 heavy (non-hydrogen) atoms. The fraction of sp³-hybridized carbons (Fsp3) is 0.136. The Hall–Kier alpha value is -3.87. The molecule has 0 saturated heterocycles. The van der Waals surface area contributed by atoms with Crippen LogP contribution in [0.5, 0.6) is 0 Å². The van der Waals surface area contributed by atoms with Gasteiger partial charge in [0.2, 0.25) is 5.91 Å². The van der Waals surface area contributed by atoms with Gasteiger partial charge >= 0.3 is 0 Å². The quantitative estimate of drug-likeness (QED) is 0.576. The lowest BCUT2D eigenvalue weighted by Gasteiger charge is -2.14. The molecule has 0 aliphatic carbocycles. The second-order valence-corrected chi connectivity index (χ2v) is 6.39. The number of nitrogens with one attached hydrogen (secondary N) is 3. The monoisotopic (exact) mass is 391 g/mol. The van der Waals surface area contributed by atoms with E-state index < -0.39 is 6.04 Å². The number of carbonyl (C=O) groups excluding carboxylic acids is 3. The number of anilines is 1. The van der Waals surface area contributed by atoms with Gasteiger partial charge in [0.1, 0.15) is 11.8 Å². The standard InChI is InChI=1S/C22H21N3O4/c1-15(20(26)23-14-19-8-5-13-29-19)24-21(27)17-9-11-18(12-10-17)25-22(28)16-6-3-2-4-7-16/h2-13,15H,14H2,1H3,(H,23,26)(H,24,27)(H,25,28). The molecule has 1 atom stereocenters. The molecule has 0 spiro atoms. The summed E-state index contributed by atoms with van der Waals surface area (Å²) < 4.78 is 5.15. The molecule has 0 bridgehead atoms. The van der Waals surface area contributed by atoms with Crippen molar-refractivity contribution in [3.63, 3.8) is 0 Å². The zero-order chi connectivity index (χ0) is 20.6. The van der Waals surface area contributed by atoms with Crippen molar-refractivity contribution < 1.29 is 18.8 Å². The maximum atomic E-state index is 12.4. The molecule has 148 valence electrons. The average Bonchev–Trinajstić information content (AvgIpc) is 3.26. The Morgan fingerprint density at radius 2 is 1.55 bits per heavy atom. The number of furan rings is 1. The van der Waals surface area contributed by atoms with Crippen molar-refractivity contribution in [2.75, 3.05) is 5.32 Å². The van der Waals surface area contributed by atoms with Crippen molar-refractivity contribution in [1.29, 1.82) is 0 Å². The molecule has 0 aliphatic heterocycles. The van der Waals surface area contributed by atoms with E-state index in [9.17, 15) is 14.4 Å². The second-order valence-electron chi connectivity index (χ2n) is 6.39. The molecule has 0 fully saturated rings. The first-order valence-corrected chi connectivity index (χ1v) is 9.10. The van der Waals surface area contributed by atoms with E-state index in [4.69, 9.17) is 4.42 Å². The Bertz CT molecular complexity index is 967. The molecular formula is C22H21N3O4. The maximum absolute atomic E-state index is 12.4. The average molecular weight is 391 g/mol. The molecule has 3 N–H and O–H groups in total. The van der Waals surface area contributed by atoms with Gasteiger partial charge in [-0.25, -0.2) is 0 Å². The van der Waals surface area contributed by atoms with Crippen molar-refractivity contribution >= 4 is 23.4 Å². The summed E-state index contributed by atoms with van der Waals surface area (Å²) in [5.74, 6) is -0.303. The Labute approximate surface area is 168 Å². The van der Waals surface area contributed by atoms with E-state index in [1.165, 1.54) is 6.26 Å². The highest BCUT2D eigenvalue weighted by Crippen LogP contribution is 2.12. The highest BCUT2D eigenvalue weighted by molar-refractivity contribution is 6.04. The minimum atomic E-state index is -0.713. The lowest BCUT2D eigenvalue weighted by Crippen LogP contribution is -2.44. The number of hydrogen-bond donors (Lipinski definition) is 3. The van der Waals surface area contributed by atoms with E-state index in [2.05, 4.69) is 16.0 Å². The van der Waals surface area contributed by atoms with E-state index in [-0.39, 0.29) is 24.3 Å². The number of rotatable bonds is 7. The van der Waals surface area contributed by atoms with Crippen LogP contribution in [0.15, 0.2) is 77.4 Å². The molecule has 0 aliphatic rings. The number of carbonyl (C=O) groups is 3. The molecular weight excluding hydrogens is 370 g/mol. The number of hydrogen-bond acceptors (Lipinski definition) is 4. The molecule has 7 heteroatoms. The second kappa shape index (κ2) is 9.36. The maximum Gasteiger partial charge on any atom is 0.255 e. The minimum absolute atomic E-state index is 0.232. The van der Waals surface area contributed by atoms with E-state index in [0.29, 0.717) is 22.6 Å². The van der Waals surface area contributed by atoms with Crippen molar-refractivity contribution in [3.05, 3.63) is 89.9 Å². The third-order valence-electron chi connectivity index (χ3n) is 4.20. The Balaban J connectivity index is 1.51. The van der Waals surface area contributed by atoms with E-state index >= 15 is 0 Å². The van der Waals surface area contributed by atoms with Gasteiger partial charge in [0.05, 0.1) is 12.8 Å². The van der Waals surface area contributed by atoms with Crippen LogP contribution in [-0.2, 0) is 11.3 Å². The molecule has 2 aromatic carbocycles. The smallest absolute Gasteiger partial charge is 0.255 e. The fourth-order valence-electron chi connectivity index (χ4n) is 2.58. The number of amides is 3. The van der Waals surface area contributed by atoms with E-state index in [1.807, 2.05) is 6.07 Å². The molecule has 1 aromatic heterocycles. The van der Waals surface area contributed by atoms with Gasteiger partial charge in [0, 0.05) is 16.8 Å². The van der Waals surface area contributed by atoms with Crippen LogP contribution in [0.4, 0.5) is 5.69 Å². The zero-order valence-electron chi connectivity index (χ0n) is 15.8. The fourth-order valence-corrected chi connectivity index (χ4v) is 2.58. The molecule has 0 radical (unpaired) electrons. The lowest BCUT2D eigenvalue weighted by molar-refractivity contribution is -0.122. The Morgan fingerprint density at radius 1 is 0.862 bits per heavy atom. The molecule has 1 heterocycles. The normalized spacial score (nSPS) is 11.3. The zero-order valence-corrected chi connectivity index (χ0v) is 15.8. The van der Waals surface area contributed by atoms with Gasteiger partial charge in [-0.15, -0.1) is 0 Å². The summed E-state index contributed by atoms with van der Waals surface area (Å²) in [5, 5.41) is 8.11. The highest BCUT2D eigenvalue weighted by Gasteiger charge is 2.17. The van der Waals surface area contributed by atoms with Crippen LogP contribution >= 0.6 is 0 Å². The Kier molecular flexibility index (Phi) is 6.42. The van der Waals surface area contributed by atoms with E-state index in [0.717, 1.165) is 0 Å². The summed E-state index contributed by atoms with van der Waals surface area (Å²) in [4.78, 5) is 36.6. The molecule has 3 aromatic rings. The summed E-state index contributed by atoms with van der Waals surface area (Å²) in [7, 11) is 0. The third kappa shape index (κ3) is 5.55. The predicted molar refractivity (Wildman–Crippen MR) is 108 cm³/mol. The Morgan fingerprint density at radius 3 is 2.21 bits per heavy atom.